The number of nitrogens with zero attached hydrogens (tertiary/aromatic N) is 1. The molecular weight excluding hydrogens is 411 g/mol. The second-order valence-corrected chi connectivity index (χ2v) is 8.91. The Morgan fingerprint density at radius 1 is 1.17 bits per heavy atom. The number of carbonyl (C=O) groups excluding carboxylic acids is 1. The van der Waals surface area contributed by atoms with Crippen molar-refractivity contribution < 1.29 is 26.8 Å². The van der Waals surface area contributed by atoms with Crippen LogP contribution in [0.4, 0.5) is 4.39 Å². The molecule has 2 aromatic carbocycles. The third-order valence-electron chi connectivity index (χ3n) is 5.10. The number of ether oxygens (including phenoxy) is 1. The highest BCUT2D eigenvalue weighted by Crippen LogP contribution is 2.26. The van der Waals surface area contributed by atoms with E-state index in [-0.39, 0.29) is 30.3 Å². The summed E-state index contributed by atoms with van der Waals surface area (Å²) in [6, 6.07) is 10.6. The number of nitrogens with one attached hydrogen (secondary N) is 1. The average Bonchev–Trinajstić information content (AvgIpc) is 3.09. The molecular formula is C21H21FN2O5S. The van der Waals surface area contributed by atoms with Crippen molar-refractivity contribution in [3.05, 3.63) is 65.2 Å². The molecule has 0 atom stereocenters. The second-order valence-electron chi connectivity index (χ2n) is 7.00. The molecule has 0 bridgehead atoms. The van der Waals surface area contributed by atoms with E-state index < -0.39 is 21.7 Å². The Bertz CT molecular complexity index is 1200. The van der Waals surface area contributed by atoms with E-state index in [1.165, 1.54) is 28.6 Å². The molecule has 0 saturated carbocycles. The number of morpholine rings is 1. The van der Waals surface area contributed by atoms with Gasteiger partial charge in [0.05, 0.1) is 18.1 Å². The van der Waals surface area contributed by atoms with Crippen LogP contribution in [0.15, 0.2) is 51.8 Å². The van der Waals surface area contributed by atoms with Gasteiger partial charge in [-0.3, -0.25) is 4.79 Å². The molecule has 2 heterocycles. The zero-order chi connectivity index (χ0) is 21.3. The van der Waals surface area contributed by atoms with Crippen molar-refractivity contribution in [1.82, 2.24) is 9.62 Å². The zero-order valence-electron chi connectivity index (χ0n) is 16.4. The Balaban J connectivity index is 1.56. The minimum Gasteiger partial charge on any atom is -0.451 e. The number of rotatable bonds is 5. The number of halogens is 1. The third-order valence-corrected chi connectivity index (χ3v) is 7.10. The van der Waals surface area contributed by atoms with Crippen molar-refractivity contribution in [1.29, 1.82) is 0 Å². The summed E-state index contributed by atoms with van der Waals surface area (Å²) in [6.45, 7) is 2.96. The number of carbonyl (C=O) groups is 1. The molecule has 1 N–H and O–H groups in total. The molecule has 1 amide bonds. The standard InChI is InChI=1S/C21H21FN2O5S/c1-14-17-12-16(22)6-7-18(17)29-20(14)21(25)23-13-15-4-2-3-5-19(15)30(26,27)24-8-10-28-11-9-24/h2-7,12H,8-11,13H2,1H3,(H,23,25). The topological polar surface area (TPSA) is 88.9 Å². The number of hydrogen-bond donors (Lipinski definition) is 1. The van der Waals surface area contributed by atoms with Gasteiger partial charge < -0.3 is 14.5 Å². The molecule has 3 aromatic rings. The summed E-state index contributed by atoms with van der Waals surface area (Å²) < 4.78 is 51.8. The Hall–Kier alpha value is -2.75. The number of sulfonamides is 1. The minimum absolute atomic E-state index is 0.00340. The fraction of sp³-hybridized carbons (Fsp3) is 0.286. The van der Waals surface area contributed by atoms with Gasteiger partial charge in [0.1, 0.15) is 11.4 Å². The minimum atomic E-state index is -3.70. The monoisotopic (exact) mass is 432 g/mol. The first-order valence-corrected chi connectivity index (χ1v) is 10.9. The van der Waals surface area contributed by atoms with Gasteiger partial charge in [-0.05, 0) is 36.8 Å². The normalized spacial score (nSPS) is 15.4. The summed E-state index contributed by atoms with van der Waals surface area (Å²) in [6.07, 6.45) is 0. The maximum Gasteiger partial charge on any atom is 0.287 e. The number of amides is 1. The van der Waals surface area contributed by atoms with Gasteiger partial charge in [0, 0.05) is 30.6 Å². The van der Waals surface area contributed by atoms with E-state index in [0.29, 0.717) is 35.3 Å². The van der Waals surface area contributed by atoms with Crippen molar-refractivity contribution >= 4 is 26.9 Å². The summed E-state index contributed by atoms with van der Waals surface area (Å²) >= 11 is 0. The van der Waals surface area contributed by atoms with E-state index in [1.807, 2.05) is 0 Å². The SMILES string of the molecule is Cc1c(C(=O)NCc2ccccc2S(=O)(=O)N2CCOCC2)oc2ccc(F)cc12. The molecule has 1 aromatic heterocycles. The lowest BCUT2D eigenvalue weighted by atomic mass is 10.1. The summed E-state index contributed by atoms with van der Waals surface area (Å²) in [5.41, 5.74) is 1.41. The lowest BCUT2D eigenvalue weighted by Gasteiger charge is -2.27. The Labute approximate surface area is 173 Å². The Morgan fingerprint density at radius 2 is 1.90 bits per heavy atom. The number of benzene rings is 2. The molecule has 1 aliphatic heterocycles. The summed E-state index contributed by atoms with van der Waals surface area (Å²) in [5, 5.41) is 3.24. The fourth-order valence-electron chi connectivity index (χ4n) is 3.49. The van der Waals surface area contributed by atoms with E-state index >= 15 is 0 Å². The van der Waals surface area contributed by atoms with Crippen LogP contribution in [0.25, 0.3) is 11.0 Å². The third kappa shape index (κ3) is 3.83. The Morgan fingerprint density at radius 3 is 2.67 bits per heavy atom. The molecule has 1 fully saturated rings. The number of furan rings is 1. The van der Waals surface area contributed by atoms with Crippen molar-refractivity contribution in [2.24, 2.45) is 0 Å². The van der Waals surface area contributed by atoms with Crippen LogP contribution in [0.2, 0.25) is 0 Å². The smallest absolute Gasteiger partial charge is 0.287 e. The predicted molar refractivity (Wildman–Crippen MR) is 108 cm³/mol. The molecule has 30 heavy (non-hydrogen) atoms. The maximum atomic E-state index is 13.5. The molecule has 0 unspecified atom stereocenters. The lowest BCUT2D eigenvalue weighted by molar-refractivity contribution is 0.0730. The number of aryl methyl sites for hydroxylation is 1. The average molecular weight is 432 g/mol. The van der Waals surface area contributed by atoms with Crippen molar-refractivity contribution in [2.45, 2.75) is 18.4 Å². The maximum absolute atomic E-state index is 13.5. The second kappa shape index (κ2) is 8.17. The first kappa shape index (κ1) is 20.5. The fourth-order valence-corrected chi connectivity index (χ4v) is 5.12. The first-order valence-electron chi connectivity index (χ1n) is 9.50. The highest BCUT2D eigenvalue weighted by Gasteiger charge is 2.28. The van der Waals surface area contributed by atoms with Crippen LogP contribution < -0.4 is 5.32 Å². The molecule has 1 aliphatic rings. The van der Waals surface area contributed by atoms with Gasteiger partial charge in [0.2, 0.25) is 10.0 Å². The molecule has 158 valence electrons. The molecule has 7 nitrogen and oxygen atoms in total. The van der Waals surface area contributed by atoms with Gasteiger partial charge in [-0.1, -0.05) is 18.2 Å². The molecule has 0 aliphatic carbocycles. The molecule has 9 heteroatoms. The van der Waals surface area contributed by atoms with E-state index in [0.717, 1.165) is 0 Å². The largest absolute Gasteiger partial charge is 0.451 e. The van der Waals surface area contributed by atoms with E-state index in [1.54, 1.807) is 25.1 Å². The van der Waals surface area contributed by atoms with Crippen LogP contribution in [0.5, 0.6) is 0 Å². The number of fused-ring (bicyclic) bond motifs is 1. The summed E-state index contributed by atoms with van der Waals surface area (Å²) in [7, 11) is -3.70. The quantitative estimate of drug-likeness (QED) is 0.670. The van der Waals surface area contributed by atoms with E-state index in [4.69, 9.17) is 9.15 Å². The van der Waals surface area contributed by atoms with Gasteiger partial charge in [-0.25, -0.2) is 12.8 Å². The van der Waals surface area contributed by atoms with Crippen molar-refractivity contribution in [2.75, 3.05) is 26.3 Å². The van der Waals surface area contributed by atoms with E-state index in [9.17, 15) is 17.6 Å². The molecule has 4 rings (SSSR count). The van der Waals surface area contributed by atoms with Crippen LogP contribution in [0, 0.1) is 12.7 Å². The van der Waals surface area contributed by atoms with Crippen LogP contribution in [-0.4, -0.2) is 44.9 Å². The Kier molecular flexibility index (Phi) is 5.59. The highest BCUT2D eigenvalue weighted by molar-refractivity contribution is 7.89. The first-order chi connectivity index (χ1) is 14.4. The molecule has 1 saturated heterocycles. The lowest BCUT2D eigenvalue weighted by Crippen LogP contribution is -2.41. The van der Waals surface area contributed by atoms with Crippen LogP contribution in [-0.2, 0) is 21.3 Å². The molecule has 0 spiro atoms. The van der Waals surface area contributed by atoms with Gasteiger partial charge in [0.15, 0.2) is 5.76 Å². The highest BCUT2D eigenvalue weighted by atomic mass is 32.2. The van der Waals surface area contributed by atoms with Crippen LogP contribution >= 0.6 is 0 Å². The summed E-state index contributed by atoms with van der Waals surface area (Å²) in [5.74, 6) is -0.840. The predicted octanol–water partition coefficient (Wildman–Crippen LogP) is 2.83. The van der Waals surface area contributed by atoms with Gasteiger partial charge >= 0.3 is 0 Å². The van der Waals surface area contributed by atoms with Crippen LogP contribution in [0.1, 0.15) is 21.7 Å². The van der Waals surface area contributed by atoms with Crippen molar-refractivity contribution in [3.63, 3.8) is 0 Å². The van der Waals surface area contributed by atoms with Gasteiger partial charge in [-0.15, -0.1) is 0 Å². The van der Waals surface area contributed by atoms with Crippen LogP contribution in [0.3, 0.4) is 0 Å². The zero-order valence-corrected chi connectivity index (χ0v) is 17.2. The van der Waals surface area contributed by atoms with Crippen molar-refractivity contribution in [3.8, 4) is 0 Å². The summed E-state index contributed by atoms with van der Waals surface area (Å²) in [4.78, 5) is 12.8. The molecule has 0 radical (unpaired) electrons. The number of hydrogen-bond acceptors (Lipinski definition) is 5. The van der Waals surface area contributed by atoms with Gasteiger partial charge in [0.25, 0.3) is 5.91 Å². The van der Waals surface area contributed by atoms with Gasteiger partial charge in [-0.2, -0.15) is 4.31 Å². The van der Waals surface area contributed by atoms with E-state index in [2.05, 4.69) is 5.32 Å².